The van der Waals surface area contributed by atoms with Gasteiger partial charge in [0, 0.05) is 118 Å². The van der Waals surface area contributed by atoms with E-state index in [0.717, 1.165) is 210 Å². The van der Waals surface area contributed by atoms with E-state index in [4.69, 9.17) is 44.9 Å². The fourth-order valence-electron chi connectivity index (χ4n) is 19.4. The van der Waals surface area contributed by atoms with Crippen molar-refractivity contribution in [3.8, 4) is 114 Å². The highest BCUT2D eigenvalue weighted by molar-refractivity contribution is 6.16. The predicted molar refractivity (Wildman–Crippen MR) is 511 cm³/mol. The summed E-state index contributed by atoms with van der Waals surface area (Å²) in [6.45, 7) is 0. The average Bonchev–Trinajstić information content (AvgIpc) is 1.58. The highest BCUT2D eigenvalue weighted by Crippen LogP contribution is 2.45. The minimum absolute atomic E-state index is 0.512. The Morgan fingerprint density at radius 2 is 0.468 bits per heavy atom. The SMILES string of the molecule is c1ccc(-c2nc(-c3ccc(-c4ccnc5c6ccccc6n(-c6cccc(-n7c8ccccc8c8cc(-c9ccc%10c%11ccccc%11n(-c%11nc(-c%12ccccc%12)nc(-c%12ccccc%12)n%11)c%10c9)ccc87)c6)c45)cc3)nc(-n3c4ccccc4c4ccc(-c5ccc6c(c5)c5ccccc5n6-c5cccc(-n6c7cccnc7c7ncccc76)c5)cc43)n2)cc1. The van der Waals surface area contributed by atoms with E-state index in [1.165, 1.54) is 0 Å². The van der Waals surface area contributed by atoms with E-state index in [1.807, 2.05) is 85.3 Å². The molecule has 15 heteroatoms. The molecule has 586 valence electrons. The number of hydrogen-bond donors (Lipinski definition) is 0. The first-order valence-corrected chi connectivity index (χ1v) is 42.2. The maximum Gasteiger partial charge on any atom is 0.238 e. The van der Waals surface area contributed by atoms with Crippen LogP contribution in [0.15, 0.2) is 407 Å². The third kappa shape index (κ3) is 11.1. The van der Waals surface area contributed by atoms with Crippen LogP contribution in [0.3, 0.4) is 0 Å². The lowest BCUT2D eigenvalue weighted by Crippen LogP contribution is -2.06. The maximum absolute atomic E-state index is 5.51. The molecule has 26 rings (SSSR count). The Morgan fingerprint density at radius 1 is 0.159 bits per heavy atom. The summed E-state index contributed by atoms with van der Waals surface area (Å²) in [6, 6.07) is 138. The Bertz CT molecular complexity index is 8870. The second-order valence-electron chi connectivity index (χ2n) is 32.1. The van der Waals surface area contributed by atoms with Gasteiger partial charge in [-0.2, -0.15) is 19.9 Å². The fraction of sp³-hybridized carbons (Fsp3) is 0. The lowest BCUT2D eigenvalue weighted by atomic mass is 10.0. The van der Waals surface area contributed by atoms with Crippen LogP contribution in [0.25, 0.3) is 245 Å². The van der Waals surface area contributed by atoms with Crippen LogP contribution in [0.5, 0.6) is 0 Å². The molecule has 0 radical (unpaired) electrons. The van der Waals surface area contributed by atoms with Gasteiger partial charge in [-0.25, -0.2) is 9.97 Å². The van der Waals surface area contributed by atoms with Crippen molar-refractivity contribution in [2.24, 2.45) is 0 Å². The topological polar surface area (TPSA) is 146 Å². The summed E-state index contributed by atoms with van der Waals surface area (Å²) in [6.07, 6.45) is 5.61. The van der Waals surface area contributed by atoms with Gasteiger partial charge in [0.05, 0.1) is 71.7 Å². The molecule has 0 fully saturated rings. The number of para-hydroxylation sites is 5. The van der Waals surface area contributed by atoms with Crippen molar-refractivity contribution >= 4 is 131 Å². The fourth-order valence-corrected chi connectivity index (χ4v) is 19.4. The van der Waals surface area contributed by atoms with Crippen molar-refractivity contribution in [2.45, 2.75) is 0 Å². The Kier molecular flexibility index (Phi) is 15.7. The monoisotopic (exact) mass is 1610 g/mol. The standard InChI is InChI=1S/C111H67N15/c1-4-24-69(25-5-1)106-115-107(70-26-6-2-7-27-70)118-110(117-106)125-93-41-17-10-34-82(93)86-54-50-75(64-100(86)125)74-53-57-97-90(63-74)85-37-13-16-40-92(85)122(97)78-31-21-33-80(67-78)124-95-43-19-14-38-88(95)102-105(124)81(58-61-114-102)68-46-48-72(49-47-68)109-116-108(71-28-8-3-9-29-71)119-111(120-109)126-94-42-18-11-35-83(94)87-55-51-76(65-101(87)126)73-52-56-96-89(62-73)84-36-12-15-39-91(84)121(96)77-30-20-32-79(66-77)123-98-44-22-59-112-103(98)104-99(123)45-23-60-113-104/h1-67H. The summed E-state index contributed by atoms with van der Waals surface area (Å²) in [4.78, 5) is 46.6. The summed E-state index contributed by atoms with van der Waals surface area (Å²) in [7, 11) is 0. The van der Waals surface area contributed by atoms with Gasteiger partial charge in [-0.1, -0.05) is 255 Å². The first kappa shape index (κ1) is 70.4. The van der Waals surface area contributed by atoms with Crippen molar-refractivity contribution in [3.63, 3.8) is 0 Å². The van der Waals surface area contributed by atoms with Gasteiger partial charge in [0.25, 0.3) is 0 Å². The third-order valence-corrected chi connectivity index (χ3v) is 25.1. The smallest absolute Gasteiger partial charge is 0.238 e. The van der Waals surface area contributed by atoms with Gasteiger partial charge in [-0.05, 0) is 161 Å². The Morgan fingerprint density at radius 3 is 0.913 bits per heavy atom. The second kappa shape index (κ2) is 28.1. The molecule has 0 saturated heterocycles. The number of nitrogens with zero attached hydrogens (tertiary/aromatic N) is 15. The molecule has 26 aromatic rings. The molecular weight excluding hydrogens is 1540 g/mol. The molecule has 11 heterocycles. The molecule has 0 aliphatic rings. The highest BCUT2D eigenvalue weighted by atomic mass is 15.2. The summed E-state index contributed by atoms with van der Waals surface area (Å²) in [5.41, 5.74) is 29.1. The van der Waals surface area contributed by atoms with Crippen LogP contribution in [0.4, 0.5) is 0 Å². The Labute approximate surface area is 719 Å². The van der Waals surface area contributed by atoms with Crippen molar-refractivity contribution < 1.29 is 0 Å². The minimum atomic E-state index is 0.512. The van der Waals surface area contributed by atoms with Crippen LogP contribution in [-0.2, 0) is 0 Å². The molecule has 0 saturated carbocycles. The zero-order valence-corrected chi connectivity index (χ0v) is 67.4. The van der Waals surface area contributed by atoms with Gasteiger partial charge < -0.3 is 18.3 Å². The summed E-state index contributed by atoms with van der Waals surface area (Å²) >= 11 is 0. The number of rotatable bonds is 13. The molecule has 11 aromatic heterocycles. The summed E-state index contributed by atoms with van der Waals surface area (Å²) < 4.78 is 13.9. The average molecular weight is 1610 g/mol. The zero-order chi connectivity index (χ0) is 82.6. The number of aromatic nitrogens is 15. The van der Waals surface area contributed by atoms with Crippen molar-refractivity contribution in [2.75, 3.05) is 0 Å². The lowest BCUT2D eigenvalue weighted by Gasteiger charge is -2.15. The van der Waals surface area contributed by atoms with Crippen LogP contribution in [-0.4, -0.2) is 72.3 Å². The molecule has 15 aromatic carbocycles. The summed E-state index contributed by atoms with van der Waals surface area (Å²) in [5, 5.41) is 10.1. The van der Waals surface area contributed by atoms with Gasteiger partial charge in [-0.15, -0.1) is 0 Å². The third-order valence-electron chi connectivity index (χ3n) is 25.1. The van der Waals surface area contributed by atoms with Crippen molar-refractivity contribution in [3.05, 3.63) is 407 Å². The molecule has 0 aliphatic carbocycles. The van der Waals surface area contributed by atoms with Crippen LogP contribution < -0.4 is 0 Å². The molecule has 0 amide bonds. The molecule has 0 spiro atoms. The molecular formula is C111H67N15. The van der Waals surface area contributed by atoms with E-state index in [-0.39, 0.29) is 0 Å². The maximum atomic E-state index is 5.51. The molecule has 0 unspecified atom stereocenters. The highest BCUT2D eigenvalue weighted by Gasteiger charge is 2.26. The van der Waals surface area contributed by atoms with E-state index in [2.05, 4.69) is 349 Å². The molecule has 0 aliphatic heterocycles. The number of benzene rings is 15. The Hall–Kier alpha value is -17.4. The number of pyridine rings is 3. The molecule has 15 nitrogen and oxygen atoms in total. The molecule has 0 atom stereocenters. The van der Waals surface area contributed by atoms with Gasteiger partial charge in [-0.3, -0.25) is 24.1 Å². The van der Waals surface area contributed by atoms with E-state index in [1.54, 1.807) is 0 Å². The van der Waals surface area contributed by atoms with Crippen LogP contribution in [0, 0.1) is 0 Å². The van der Waals surface area contributed by atoms with E-state index in [9.17, 15) is 0 Å². The van der Waals surface area contributed by atoms with Gasteiger partial charge in [0.1, 0.15) is 11.0 Å². The van der Waals surface area contributed by atoms with Gasteiger partial charge >= 0.3 is 0 Å². The van der Waals surface area contributed by atoms with E-state index in [0.29, 0.717) is 35.2 Å². The van der Waals surface area contributed by atoms with Gasteiger partial charge in [0.2, 0.25) is 11.9 Å². The summed E-state index contributed by atoms with van der Waals surface area (Å²) in [5.74, 6) is 3.38. The van der Waals surface area contributed by atoms with Crippen LogP contribution in [0.1, 0.15) is 0 Å². The van der Waals surface area contributed by atoms with Crippen molar-refractivity contribution in [1.82, 2.24) is 72.3 Å². The zero-order valence-electron chi connectivity index (χ0n) is 67.4. The van der Waals surface area contributed by atoms with E-state index >= 15 is 0 Å². The van der Waals surface area contributed by atoms with E-state index < -0.39 is 0 Å². The Balaban J connectivity index is 0.560. The minimum Gasteiger partial charge on any atom is -0.309 e. The molecule has 0 bridgehead atoms. The predicted octanol–water partition coefficient (Wildman–Crippen LogP) is 26.5. The number of hydrogen-bond acceptors (Lipinski definition) is 9. The quantitative estimate of drug-likeness (QED) is 0.110. The molecule has 126 heavy (non-hydrogen) atoms. The normalized spacial score (nSPS) is 12.0. The first-order valence-electron chi connectivity index (χ1n) is 42.2. The van der Waals surface area contributed by atoms with Crippen LogP contribution >= 0.6 is 0 Å². The first-order chi connectivity index (χ1) is 62.5. The number of fused-ring (bicyclic) bond motifs is 18. The van der Waals surface area contributed by atoms with Gasteiger partial charge in [0.15, 0.2) is 23.3 Å². The van der Waals surface area contributed by atoms with Crippen molar-refractivity contribution in [1.29, 1.82) is 0 Å². The van der Waals surface area contributed by atoms with Crippen LogP contribution in [0.2, 0.25) is 0 Å². The largest absolute Gasteiger partial charge is 0.309 e. The second-order valence-corrected chi connectivity index (χ2v) is 32.1. The molecule has 0 N–H and O–H groups in total. The lowest BCUT2D eigenvalue weighted by molar-refractivity contribution is 0.953.